The summed E-state index contributed by atoms with van der Waals surface area (Å²) in [6, 6.07) is 0. The van der Waals surface area contributed by atoms with E-state index in [1.54, 1.807) is 0 Å². The molecule has 0 spiro atoms. The molecule has 0 radical (unpaired) electrons. The molecular formula is C13H26N2. The summed E-state index contributed by atoms with van der Waals surface area (Å²) < 4.78 is 0. The van der Waals surface area contributed by atoms with Crippen LogP contribution in [0.5, 0.6) is 0 Å². The van der Waals surface area contributed by atoms with Gasteiger partial charge in [0.15, 0.2) is 0 Å². The maximum absolute atomic E-state index is 6.18. The molecule has 1 saturated heterocycles. The molecule has 88 valence electrons. The van der Waals surface area contributed by atoms with Crippen molar-refractivity contribution in [2.75, 3.05) is 19.6 Å². The quantitative estimate of drug-likeness (QED) is 0.757. The second kappa shape index (κ2) is 3.21. The van der Waals surface area contributed by atoms with Crippen LogP contribution in [0.1, 0.15) is 47.0 Å². The molecule has 0 amide bonds. The molecule has 0 aromatic rings. The van der Waals surface area contributed by atoms with E-state index in [1.807, 2.05) is 0 Å². The maximum atomic E-state index is 6.18. The summed E-state index contributed by atoms with van der Waals surface area (Å²) in [5, 5.41) is 0. The summed E-state index contributed by atoms with van der Waals surface area (Å²) in [6.07, 6.45) is 3.79. The number of rotatable bonds is 2. The van der Waals surface area contributed by atoms with Crippen molar-refractivity contribution in [3.05, 3.63) is 0 Å². The Kier molecular flexibility index (Phi) is 2.44. The van der Waals surface area contributed by atoms with Gasteiger partial charge in [0.1, 0.15) is 0 Å². The molecule has 2 heteroatoms. The topological polar surface area (TPSA) is 29.3 Å². The number of nitrogens with zero attached hydrogens (tertiary/aromatic N) is 1. The Morgan fingerprint density at radius 2 is 1.80 bits per heavy atom. The fraction of sp³-hybridized carbons (Fsp3) is 1.00. The highest BCUT2D eigenvalue weighted by Gasteiger charge is 2.46. The van der Waals surface area contributed by atoms with Crippen LogP contribution in [0.25, 0.3) is 0 Å². The average Bonchev–Trinajstić information content (AvgIpc) is 2.64. The Morgan fingerprint density at radius 3 is 2.20 bits per heavy atom. The van der Waals surface area contributed by atoms with Crippen molar-refractivity contribution < 1.29 is 0 Å². The molecule has 1 atom stereocenters. The van der Waals surface area contributed by atoms with Crippen LogP contribution in [0, 0.1) is 10.8 Å². The second-order valence-corrected chi connectivity index (χ2v) is 7.13. The molecule has 0 aromatic carbocycles. The van der Waals surface area contributed by atoms with Gasteiger partial charge in [-0.3, -0.25) is 0 Å². The highest BCUT2D eigenvalue weighted by atomic mass is 15.2. The Bertz CT molecular complexity index is 250. The van der Waals surface area contributed by atoms with Crippen LogP contribution in [0.3, 0.4) is 0 Å². The first-order valence-electron chi connectivity index (χ1n) is 6.26. The smallest absolute Gasteiger partial charge is 0.0284 e. The van der Waals surface area contributed by atoms with E-state index in [-0.39, 0.29) is 5.54 Å². The summed E-state index contributed by atoms with van der Waals surface area (Å²) in [5.74, 6) is 0. The SMILES string of the molecule is CC(C)(C)C1(C)CCN(CC2(N)CC2)C1. The van der Waals surface area contributed by atoms with Gasteiger partial charge in [-0.2, -0.15) is 0 Å². The maximum Gasteiger partial charge on any atom is 0.0284 e. The summed E-state index contributed by atoms with van der Waals surface area (Å²) >= 11 is 0. The van der Waals surface area contributed by atoms with Gasteiger partial charge in [-0.15, -0.1) is 0 Å². The summed E-state index contributed by atoms with van der Waals surface area (Å²) in [7, 11) is 0. The van der Waals surface area contributed by atoms with Gasteiger partial charge in [0.2, 0.25) is 0 Å². The van der Waals surface area contributed by atoms with Crippen LogP contribution in [0.15, 0.2) is 0 Å². The molecule has 1 unspecified atom stereocenters. The Hall–Kier alpha value is -0.0800. The number of hydrogen-bond donors (Lipinski definition) is 1. The van der Waals surface area contributed by atoms with Gasteiger partial charge >= 0.3 is 0 Å². The van der Waals surface area contributed by atoms with E-state index >= 15 is 0 Å². The zero-order valence-corrected chi connectivity index (χ0v) is 10.8. The first-order chi connectivity index (χ1) is 6.74. The van der Waals surface area contributed by atoms with Gasteiger partial charge in [-0.25, -0.2) is 0 Å². The molecule has 0 aromatic heterocycles. The largest absolute Gasteiger partial charge is 0.324 e. The predicted octanol–water partition coefficient (Wildman–Crippen LogP) is 2.24. The van der Waals surface area contributed by atoms with Crippen molar-refractivity contribution in [2.24, 2.45) is 16.6 Å². The molecule has 2 nitrogen and oxygen atoms in total. The molecule has 1 aliphatic heterocycles. The molecule has 15 heavy (non-hydrogen) atoms. The third-order valence-electron chi connectivity index (χ3n) is 4.79. The monoisotopic (exact) mass is 210 g/mol. The third kappa shape index (κ3) is 2.21. The lowest BCUT2D eigenvalue weighted by Gasteiger charge is -2.39. The lowest BCUT2D eigenvalue weighted by atomic mass is 9.67. The van der Waals surface area contributed by atoms with Crippen molar-refractivity contribution in [1.82, 2.24) is 4.90 Å². The fourth-order valence-electron chi connectivity index (χ4n) is 2.57. The second-order valence-electron chi connectivity index (χ2n) is 7.13. The van der Waals surface area contributed by atoms with Gasteiger partial charge in [0.05, 0.1) is 0 Å². The van der Waals surface area contributed by atoms with E-state index in [2.05, 4.69) is 32.6 Å². The van der Waals surface area contributed by atoms with Crippen molar-refractivity contribution in [3.63, 3.8) is 0 Å². The summed E-state index contributed by atoms with van der Waals surface area (Å²) in [4.78, 5) is 2.58. The minimum atomic E-state index is 0.184. The minimum absolute atomic E-state index is 0.184. The molecule has 2 rings (SSSR count). The Balaban J connectivity index is 1.94. The zero-order valence-electron chi connectivity index (χ0n) is 10.8. The fourth-order valence-corrected chi connectivity index (χ4v) is 2.57. The van der Waals surface area contributed by atoms with Crippen molar-refractivity contribution in [2.45, 2.75) is 52.5 Å². The summed E-state index contributed by atoms with van der Waals surface area (Å²) in [6.45, 7) is 13.1. The van der Waals surface area contributed by atoms with Crippen LogP contribution in [-0.4, -0.2) is 30.1 Å². The van der Waals surface area contributed by atoms with Crippen molar-refractivity contribution in [3.8, 4) is 0 Å². The summed E-state index contributed by atoms with van der Waals surface area (Å²) in [5.41, 5.74) is 7.25. The molecule has 1 heterocycles. The first-order valence-corrected chi connectivity index (χ1v) is 6.26. The highest BCUT2D eigenvalue weighted by molar-refractivity contribution is 5.04. The molecule has 2 aliphatic rings. The zero-order chi connectivity index (χ0) is 11.3. The van der Waals surface area contributed by atoms with Gasteiger partial charge in [0.25, 0.3) is 0 Å². The highest BCUT2D eigenvalue weighted by Crippen LogP contribution is 2.46. The molecule has 2 N–H and O–H groups in total. The van der Waals surface area contributed by atoms with Gasteiger partial charge in [-0.1, -0.05) is 27.7 Å². The van der Waals surface area contributed by atoms with Crippen LogP contribution < -0.4 is 5.73 Å². The number of hydrogen-bond acceptors (Lipinski definition) is 2. The normalized spacial score (nSPS) is 35.8. The van der Waals surface area contributed by atoms with Crippen LogP contribution in [-0.2, 0) is 0 Å². The van der Waals surface area contributed by atoms with Crippen LogP contribution >= 0.6 is 0 Å². The van der Waals surface area contributed by atoms with Crippen molar-refractivity contribution >= 4 is 0 Å². The number of likely N-dealkylation sites (tertiary alicyclic amines) is 1. The lowest BCUT2D eigenvalue weighted by Crippen LogP contribution is -2.41. The molecule has 1 aliphatic carbocycles. The van der Waals surface area contributed by atoms with Gasteiger partial charge in [0, 0.05) is 18.6 Å². The van der Waals surface area contributed by atoms with Crippen molar-refractivity contribution in [1.29, 1.82) is 0 Å². The van der Waals surface area contributed by atoms with Crippen LogP contribution in [0.4, 0.5) is 0 Å². The molecule has 0 bridgehead atoms. The molecular weight excluding hydrogens is 184 g/mol. The van der Waals surface area contributed by atoms with E-state index < -0.39 is 0 Å². The van der Waals surface area contributed by atoms with Gasteiger partial charge < -0.3 is 10.6 Å². The predicted molar refractivity (Wildman–Crippen MR) is 64.8 cm³/mol. The first kappa shape index (κ1) is 11.4. The van der Waals surface area contributed by atoms with Crippen LogP contribution in [0.2, 0.25) is 0 Å². The van der Waals surface area contributed by atoms with Gasteiger partial charge in [-0.05, 0) is 36.6 Å². The van der Waals surface area contributed by atoms with E-state index in [9.17, 15) is 0 Å². The van der Waals surface area contributed by atoms with E-state index in [4.69, 9.17) is 5.73 Å². The van der Waals surface area contributed by atoms with E-state index in [0.717, 1.165) is 6.54 Å². The molecule has 2 fully saturated rings. The Morgan fingerprint density at radius 1 is 1.20 bits per heavy atom. The lowest BCUT2D eigenvalue weighted by molar-refractivity contribution is 0.113. The van der Waals surface area contributed by atoms with E-state index in [1.165, 1.54) is 32.4 Å². The minimum Gasteiger partial charge on any atom is -0.324 e. The van der Waals surface area contributed by atoms with E-state index in [0.29, 0.717) is 10.8 Å². The standard InChI is InChI=1S/C13H26N2/c1-11(2,3)12(4)7-8-15(9-12)10-13(14)5-6-13/h5-10,14H2,1-4H3. The third-order valence-corrected chi connectivity index (χ3v) is 4.79. The average molecular weight is 210 g/mol. The Labute approximate surface area is 94.2 Å². The molecule has 1 saturated carbocycles. The number of nitrogens with two attached hydrogens (primary N) is 1.